The van der Waals surface area contributed by atoms with Crippen LogP contribution in [0.5, 0.6) is 23.0 Å². The Morgan fingerprint density at radius 1 is 1.04 bits per heavy atom. The fraction of sp³-hybridized carbons (Fsp3) is 0.211. The van der Waals surface area contributed by atoms with Crippen molar-refractivity contribution in [3.05, 3.63) is 47.9 Å². The average molecular weight is 355 g/mol. The van der Waals surface area contributed by atoms with Crippen LogP contribution in [0.15, 0.2) is 36.7 Å². The summed E-state index contributed by atoms with van der Waals surface area (Å²) in [5, 5.41) is 10.1. The Bertz CT molecular complexity index is 899. The van der Waals surface area contributed by atoms with Gasteiger partial charge in [-0.05, 0) is 23.8 Å². The Kier molecular flexibility index (Phi) is 4.88. The molecular formula is C19H21N3O4. The summed E-state index contributed by atoms with van der Waals surface area (Å²) in [5.74, 6) is 1.63. The second-order valence-electron chi connectivity index (χ2n) is 5.70. The number of methoxy groups -OCH3 is 3. The van der Waals surface area contributed by atoms with Gasteiger partial charge in [0.1, 0.15) is 11.5 Å². The average Bonchev–Trinajstić information content (AvgIpc) is 3.13. The Hall–Kier alpha value is -3.35. The van der Waals surface area contributed by atoms with Crippen molar-refractivity contribution in [2.45, 2.75) is 6.42 Å². The molecule has 7 nitrogen and oxygen atoms in total. The lowest BCUT2D eigenvalue weighted by Crippen LogP contribution is -1.99. The molecule has 0 radical (unpaired) electrons. The van der Waals surface area contributed by atoms with E-state index in [4.69, 9.17) is 19.9 Å². The first-order valence-corrected chi connectivity index (χ1v) is 7.97. The summed E-state index contributed by atoms with van der Waals surface area (Å²) in [6.07, 6.45) is 2.09. The Labute approximate surface area is 151 Å². The molecule has 1 heterocycles. The Morgan fingerprint density at radius 2 is 1.73 bits per heavy atom. The SMILES string of the molecule is COc1cc(OC)cc(-c2nc[nH]c2Cc2ccc(OC)c(O)c2N)c1. The monoisotopic (exact) mass is 355 g/mol. The van der Waals surface area contributed by atoms with Crippen molar-refractivity contribution >= 4 is 5.69 Å². The first-order valence-electron chi connectivity index (χ1n) is 7.97. The van der Waals surface area contributed by atoms with Gasteiger partial charge in [0, 0.05) is 23.7 Å². The van der Waals surface area contributed by atoms with Gasteiger partial charge in [-0.3, -0.25) is 0 Å². The van der Waals surface area contributed by atoms with Gasteiger partial charge < -0.3 is 30.0 Å². The molecule has 0 aliphatic heterocycles. The lowest BCUT2D eigenvalue weighted by atomic mass is 10.0. The number of nitrogens with one attached hydrogen (secondary N) is 1. The number of aromatic hydroxyl groups is 1. The number of imidazole rings is 1. The molecule has 136 valence electrons. The molecule has 0 spiro atoms. The second-order valence-corrected chi connectivity index (χ2v) is 5.70. The molecule has 0 unspecified atom stereocenters. The first-order chi connectivity index (χ1) is 12.6. The van der Waals surface area contributed by atoms with E-state index in [9.17, 15) is 5.11 Å². The highest BCUT2D eigenvalue weighted by atomic mass is 16.5. The Balaban J connectivity index is 1.99. The molecule has 0 bridgehead atoms. The minimum atomic E-state index is -0.0610. The number of aromatic amines is 1. The first kappa shape index (κ1) is 17.5. The number of phenolic OH excluding ortho intramolecular Hbond substituents is 1. The third-order valence-corrected chi connectivity index (χ3v) is 4.20. The van der Waals surface area contributed by atoms with Crippen molar-refractivity contribution in [3.63, 3.8) is 0 Å². The predicted molar refractivity (Wildman–Crippen MR) is 99.0 cm³/mol. The van der Waals surface area contributed by atoms with Crippen LogP contribution in [-0.2, 0) is 6.42 Å². The number of phenols is 1. The van der Waals surface area contributed by atoms with E-state index >= 15 is 0 Å². The van der Waals surface area contributed by atoms with E-state index in [0.29, 0.717) is 23.7 Å². The molecule has 0 saturated heterocycles. The van der Waals surface area contributed by atoms with Crippen LogP contribution in [0.1, 0.15) is 11.3 Å². The van der Waals surface area contributed by atoms with Gasteiger partial charge in [0.2, 0.25) is 0 Å². The van der Waals surface area contributed by atoms with Gasteiger partial charge in [-0.15, -0.1) is 0 Å². The fourth-order valence-corrected chi connectivity index (χ4v) is 2.79. The number of anilines is 1. The number of hydrogen-bond donors (Lipinski definition) is 3. The molecule has 4 N–H and O–H groups in total. The van der Waals surface area contributed by atoms with E-state index in [1.807, 2.05) is 18.2 Å². The van der Waals surface area contributed by atoms with Crippen LogP contribution in [0.3, 0.4) is 0 Å². The Morgan fingerprint density at radius 3 is 2.35 bits per heavy atom. The maximum atomic E-state index is 10.1. The van der Waals surface area contributed by atoms with E-state index in [1.54, 1.807) is 32.7 Å². The molecule has 7 heteroatoms. The lowest BCUT2D eigenvalue weighted by molar-refractivity contribution is 0.374. The van der Waals surface area contributed by atoms with Gasteiger partial charge in [0.05, 0.1) is 39.0 Å². The van der Waals surface area contributed by atoms with E-state index in [2.05, 4.69) is 9.97 Å². The molecule has 2 aromatic carbocycles. The molecule has 0 fully saturated rings. The van der Waals surface area contributed by atoms with Crippen molar-refractivity contribution in [2.75, 3.05) is 27.1 Å². The number of ether oxygens (including phenoxy) is 3. The van der Waals surface area contributed by atoms with Gasteiger partial charge in [-0.2, -0.15) is 0 Å². The van der Waals surface area contributed by atoms with Crippen LogP contribution in [0, 0.1) is 0 Å². The summed E-state index contributed by atoms with van der Waals surface area (Å²) >= 11 is 0. The number of rotatable bonds is 6. The van der Waals surface area contributed by atoms with Crippen molar-refractivity contribution in [2.24, 2.45) is 0 Å². The summed E-state index contributed by atoms with van der Waals surface area (Å²) in [7, 11) is 4.69. The molecule has 0 aliphatic rings. The number of nitrogens with two attached hydrogens (primary N) is 1. The number of hydrogen-bond acceptors (Lipinski definition) is 6. The molecule has 26 heavy (non-hydrogen) atoms. The van der Waals surface area contributed by atoms with E-state index < -0.39 is 0 Å². The summed E-state index contributed by atoms with van der Waals surface area (Å²) in [4.78, 5) is 7.57. The number of nitrogens with zero attached hydrogens (tertiary/aromatic N) is 1. The van der Waals surface area contributed by atoms with Gasteiger partial charge in [-0.1, -0.05) is 6.07 Å². The van der Waals surface area contributed by atoms with E-state index in [-0.39, 0.29) is 11.4 Å². The van der Waals surface area contributed by atoms with Crippen LogP contribution in [0.2, 0.25) is 0 Å². The van der Waals surface area contributed by atoms with Crippen LogP contribution in [0.4, 0.5) is 5.69 Å². The normalized spacial score (nSPS) is 10.6. The van der Waals surface area contributed by atoms with Crippen LogP contribution < -0.4 is 19.9 Å². The van der Waals surface area contributed by atoms with Crippen molar-refractivity contribution in [3.8, 4) is 34.3 Å². The maximum absolute atomic E-state index is 10.1. The van der Waals surface area contributed by atoms with Crippen molar-refractivity contribution in [1.82, 2.24) is 9.97 Å². The summed E-state index contributed by atoms with van der Waals surface area (Å²) in [6, 6.07) is 9.08. The highest BCUT2D eigenvalue weighted by Crippen LogP contribution is 2.36. The minimum absolute atomic E-state index is 0.0610. The highest BCUT2D eigenvalue weighted by molar-refractivity contribution is 5.69. The van der Waals surface area contributed by atoms with Gasteiger partial charge in [0.15, 0.2) is 11.5 Å². The standard InChI is InChI=1S/C19H21N3O4/c1-24-13-6-12(7-14(9-13)25-2)18-15(21-10-22-18)8-11-4-5-16(26-3)19(23)17(11)20/h4-7,9-10,23H,8,20H2,1-3H3,(H,21,22). The topological polar surface area (TPSA) is 103 Å². The van der Waals surface area contributed by atoms with Crippen LogP contribution in [0.25, 0.3) is 11.3 Å². The molecule has 0 amide bonds. The summed E-state index contributed by atoms with van der Waals surface area (Å²) in [5.41, 5.74) is 9.58. The molecule has 0 saturated carbocycles. The molecule has 1 aromatic heterocycles. The van der Waals surface area contributed by atoms with Crippen molar-refractivity contribution in [1.29, 1.82) is 0 Å². The van der Waals surface area contributed by atoms with Gasteiger partial charge in [0.25, 0.3) is 0 Å². The molecule has 0 atom stereocenters. The fourth-order valence-electron chi connectivity index (χ4n) is 2.79. The molecular weight excluding hydrogens is 334 g/mol. The van der Waals surface area contributed by atoms with Crippen LogP contribution >= 0.6 is 0 Å². The third-order valence-electron chi connectivity index (χ3n) is 4.20. The zero-order valence-electron chi connectivity index (χ0n) is 14.9. The molecule has 3 rings (SSSR count). The number of benzene rings is 2. The van der Waals surface area contributed by atoms with E-state index in [0.717, 1.165) is 22.5 Å². The molecule has 0 aliphatic carbocycles. The number of H-pyrrole nitrogens is 1. The second kappa shape index (κ2) is 7.26. The summed E-state index contributed by atoms with van der Waals surface area (Å²) < 4.78 is 15.7. The van der Waals surface area contributed by atoms with E-state index in [1.165, 1.54) is 7.11 Å². The largest absolute Gasteiger partial charge is 0.503 e. The minimum Gasteiger partial charge on any atom is -0.503 e. The number of nitrogen functional groups attached to an aromatic ring is 1. The smallest absolute Gasteiger partial charge is 0.181 e. The maximum Gasteiger partial charge on any atom is 0.181 e. The zero-order valence-corrected chi connectivity index (χ0v) is 14.9. The highest BCUT2D eigenvalue weighted by Gasteiger charge is 2.16. The number of aromatic nitrogens is 2. The van der Waals surface area contributed by atoms with Gasteiger partial charge >= 0.3 is 0 Å². The zero-order chi connectivity index (χ0) is 18.7. The molecule has 3 aromatic rings. The predicted octanol–water partition coefficient (Wildman–Crippen LogP) is 2.98. The lowest BCUT2D eigenvalue weighted by Gasteiger charge is -2.12. The van der Waals surface area contributed by atoms with Crippen molar-refractivity contribution < 1.29 is 19.3 Å². The van der Waals surface area contributed by atoms with Gasteiger partial charge in [-0.25, -0.2) is 4.98 Å². The third kappa shape index (κ3) is 3.23. The summed E-state index contributed by atoms with van der Waals surface area (Å²) in [6.45, 7) is 0. The van der Waals surface area contributed by atoms with Crippen LogP contribution in [-0.4, -0.2) is 36.4 Å². The quantitative estimate of drug-likeness (QED) is 0.464.